The zero-order valence-electron chi connectivity index (χ0n) is 14.5. The fourth-order valence-electron chi connectivity index (χ4n) is 3.24. The van der Waals surface area contributed by atoms with E-state index in [1.54, 1.807) is 13.1 Å². The van der Waals surface area contributed by atoms with Gasteiger partial charge in [0.15, 0.2) is 0 Å². The quantitative estimate of drug-likeness (QED) is 0.903. The third-order valence-corrected chi connectivity index (χ3v) is 4.77. The van der Waals surface area contributed by atoms with E-state index in [0.717, 1.165) is 24.0 Å². The predicted octanol–water partition coefficient (Wildman–Crippen LogP) is 1.81. The largest absolute Gasteiger partial charge is 0.352 e. The Morgan fingerprint density at radius 2 is 1.88 bits per heavy atom. The van der Waals surface area contributed by atoms with Gasteiger partial charge in [0.25, 0.3) is 0 Å². The minimum atomic E-state index is -0.00567. The molecule has 1 fully saturated rings. The van der Waals surface area contributed by atoms with Gasteiger partial charge in [-0.1, -0.05) is 24.3 Å². The third kappa shape index (κ3) is 4.47. The molecule has 2 heterocycles. The van der Waals surface area contributed by atoms with Crippen molar-refractivity contribution in [3.8, 4) is 0 Å². The van der Waals surface area contributed by atoms with Gasteiger partial charge in [0.2, 0.25) is 11.8 Å². The maximum atomic E-state index is 12.4. The second-order valence-electron chi connectivity index (χ2n) is 6.47. The molecule has 132 valence electrons. The van der Waals surface area contributed by atoms with Crippen LogP contribution in [0.15, 0.2) is 42.7 Å². The summed E-state index contributed by atoms with van der Waals surface area (Å²) in [6, 6.07) is 9.99. The minimum Gasteiger partial charge on any atom is -0.352 e. The van der Waals surface area contributed by atoms with Gasteiger partial charge in [-0.2, -0.15) is 5.10 Å². The molecule has 0 atom stereocenters. The van der Waals surface area contributed by atoms with Crippen molar-refractivity contribution in [2.24, 2.45) is 5.92 Å². The Balaban J connectivity index is 1.55. The first kappa shape index (κ1) is 17.2. The summed E-state index contributed by atoms with van der Waals surface area (Å²) < 4.78 is 1.87. The first-order chi connectivity index (χ1) is 12.1. The molecule has 0 radical (unpaired) electrons. The van der Waals surface area contributed by atoms with E-state index in [-0.39, 0.29) is 17.7 Å². The maximum Gasteiger partial charge on any atom is 0.223 e. The van der Waals surface area contributed by atoms with E-state index in [9.17, 15) is 9.59 Å². The van der Waals surface area contributed by atoms with Crippen LogP contribution < -0.4 is 5.32 Å². The van der Waals surface area contributed by atoms with Crippen molar-refractivity contribution >= 4 is 11.8 Å². The number of piperidine rings is 1. The molecule has 2 aromatic rings. The summed E-state index contributed by atoms with van der Waals surface area (Å²) in [5.41, 5.74) is 2.26. The zero-order chi connectivity index (χ0) is 17.6. The van der Waals surface area contributed by atoms with Crippen LogP contribution in [-0.2, 0) is 22.7 Å². The van der Waals surface area contributed by atoms with Crippen LogP contribution in [0, 0.1) is 5.92 Å². The molecule has 0 spiro atoms. The summed E-state index contributed by atoms with van der Waals surface area (Å²) in [6.45, 7) is 4.13. The van der Waals surface area contributed by atoms with E-state index in [1.807, 2.05) is 40.0 Å². The molecule has 0 saturated carbocycles. The van der Waals surface area contributed by atoms with Gasteiger partial charge in [-0.3, -0.25) is 14.3 Å². The highest BCUT2D eigenvalue weighted by Crippen LogP contribution is 2.18. The van der Waals surface area contributed by atoms with Gasteiger partial charge < -0.3 is 10.2 Å². The van der Waals surface area contributed by atoms with E-state index in [0.29, 0.717) is 26.2 Å². The first-order valence-electron chi connectivity index (χ1n) is 8.71. The van der Waals surface area contributed by atoms with Crippen LogP contribution in [0.3, 0.4) is 0 Å². The van der Waals surface area contributed by atoms with Crippen molar-refractivity contribution in [1.29, 1.82) is 0 Å². The molecule has 1 N–H and O–H groups in total. The Hall–Kier alpha value is -2.63. The van der Waals surface area contributed by atoms with Gasteiger partial charge >= 0.3 is 0 Å². The number of carbonyl (C=O) groups excluding carboxylic acids is 2. The minimum absolute atomic E-state index is 0.00567. The van der Waals surface area contributed by atoms with Crippen molar-refractivity contribution in [3.05, 3.63) is 53.9 Å². The van der Waals surface area contributed by atoms with Gasteiger partial charge in [0, 0.05) is 44.9 Å². The fraction of sp³-hybridized carbons (Fsp3) is 0.421. The summed E-state index contributed by atoms with van der Waals surface area (Å²) in [7, 11) is 0. The Labute approximate surface area is 147 Å². The average Bonchev–Trinajstić information content (AvgIpc) is 3.14. The van der Waals surface area contributed by atoms with Crippen LogP contribution in [0.2, 0.25) is 0 Å². The van der Waals surface area contributed by atoms with Crippen LogP contribution in [0.4, 0.5) is 0 Å². The second kappa shape index (κ2) is 7.96. The third-order valence-electron chi connectivity index (χ3n) is 4.77. The lowest BCUT2D eigenvalue weighted by atomic mass is 9.95. The standard InChI is InChI=1S/C19H24N4O2/c1-15(24)22-11-7-16(8-12-22)19(25)20-13-17-5-2-3-6-18(17)14-23-10-4-9-21-23/h2-6,9-10,16H,7-8,11-14H2,1H3,(H,20,25). The molecular weight excluding hydrogens is 316 g/mol. The summed E-state index contributed by atoms with van der Waals surface area (Å²) in [5.74, 6) is 0.164. The number of benzene rings is 1. The molecule has 0 aliphatic carbocycles. The van der Waals surface area contributed by atoms with Crippen LogP contribution in [-0.4, -0.2) is 39.6 Å². The van der Waals surface area contributed by atoms with Crippen LogP contribution >= 0.6 is 0 Å². The number of rotatable bonds is 5. The van der Waals surface area contributed by atoms with E-state index in [2.05, 4.69) is 16.5 Å². The number of carbonyl (C=O) groups is 2. The molecule has 3 rings (SSSR count). The molecule has 0 bridgehead atoms. The van der Waals surface area contributed by atoms with Crippen LogP contribution in [0.1, 0.15) is 30.9 Å². The molecular formula is C19H24N4O2. The molecule has 1 aromatic heterocycles. The second-order valence-corrected chi connectivity index (χ2v) is 6.47. The summed E-state index contributed by atoms with van der Waals surface area (Å²) in [5, 5.41) is 7.30. The number of hydrogen-bond acceptors (Lipinski definition) is 3. The molecule has 6 heteroatoms. The van der Waals surface area contributed by atoms with Crippen molar-refractivity contribution in [2.75, 3.05) is 13.1 Å². The summed E-state index contributed by atoms with van der Waals surface area (Å²) >= 11 is 0. The van der Waals surface area contributed by atoms with Gasteiger partial charge in [-0.25, -0.2) is 0 Å². The Bertz CT molecular complexity index is 719. The Kier molecular flexibility index (Phi) is 5.48. The molecule has 1 aliphatic heterocycles. The van der Waals surface area contributed by atoms with Crippen molar-refractivity contribution in [1.82, 2.24) is 20.0 Å². The number of nitrogens with one attached hydrogen (secondary N) is 1. The van der Waals surface area contributed by atoms with Crippen LogP contribution in [0.25, 0.3) is 0 Å². The lowest BCUT2D eigenvalue weighted by Gasteiger charge is -2.30. The van der Waals surface area contributed by atoms with Gasteiger partial charge in [-0.15, -0.1) is 0 Å². The number of nitrogens with zero attached hydrogens (tertiary/aromatic N) is 3. The van der Waals surface area contributed by atoms with E-state index < -0.39 is 0 Å². The summed E-state index contributed by atoms with van der Waals surface area (Å²) in [4.78, 5) is 25.6. The van der Waals surface area contributed by atoms with Gasteiger partial charge in [0.1, 0.15) is 0 Å². The molecule has 0 unspecified atom stereocenters. The lowest BCUT2D eigenvalue weighted by molar-refractivity contribution is -0.134. The number of amides is 2. The molecule has 1 aliphatic rings. The van der Waals surface area contributed by atoms with Crippen molar-refractivity contribution in [3.63, 3.8) is 0 Å². The fourth-order valence-corrected chi connectivity index (χ4v) is 3.24. The molecule has 1 aromatic carbocycles. The monoisotopic (exact) mass is 340 g/mol. The average molecular weight is 340 g/mol. The van der Waals surface area contributed by atoms with Crippen LogP contribution in [0.5, 0.6) is 0 Å². The van der Waals surface area contributed by atoms with Crippen molar-refractivity contribution < 1.29 is 9.59 Å². The lowest BCUT2D eigenvalue weighted by Crippen LogP contribution is -2.42. The predicted molar refractivity (Wildman–Crippen MR) is 94.6 cm³/mol. The van der Waals surface area contributed by atoms with Gasteiger partial charge in [0.05, 0.1) is 6.54 Å². The van der Waals surface area contributed by atoms with Crippen molar-refractivity contribution in [2.45, 2.75) is 32.9 Å². The maximum absolute atomic E-state index is 12.4. The first-order valence-corrected chi connectivity index (χ1v) is 8.71. The van der Waals surface area contributed by atoms with Gasteiger partial charge in [-0.05, 0) is 30.0 Å². The number of hydrogen-bond donors (Lipinski definition) is 1. The highest BCUT2D eigenvalue weighted by molar-refractivity contribution is 5.79. The highest BCUT2D eigenvalue weighted by Gasteiger charge is 2.25. The van der Waals surface area contributed by atoms with E-state index >= 15 is 0 Å². The molecule has 1 saturated heterocycles. The Morgan fingerprint density at radius 1 is 1.16 bits per heavy atom. The number of aromatic nitrogens is 2. The highest BCUT2D eigenvalue weighted by atomic mass is 16.2. The smallest absolute Gasteiger partial charge is 0.223 e. The molecule has 6 nitrogen and oxygen atoms in total. The summed E-state index contributed by atoms with van der Waals surface area (Å²) in [6.07, 6.45) is 5.16. The van der Waals surface area contributed by atoms with E-state index in [4.69, 9.17) is 0 Å². The van der Waals surface area contributed by atoms with E-state index in [1.165, 1.54) is 0 Å². The topological polar surface area (TPSA) is 67.2 Å². The SMILES string of the molecule is CC(=O)N1CCC(C(=O)NCc2ccccc2Cn2cccn2)CC1. The zero-order valence-corrected chi connectivity index (χ0v) is 14.5. The number of likely N-dealkylation sites (tertiary alicyclic amines) is 1. The normalized spacial score (nSPS) is 15.2. The Morgan fingerprint density at radius 3 is 2.52 bits per heavy atom. The molecule has 25 heavy (non-hydrogen) atoms. The molecule has 2 amide bonds.